The second-order valence-corrected chi connectivity index (χ2v) is 5.36. The third-order valence-electron chi connectivity index (χ3n) is 2.90. The summed E-state index contributed by atoms with van der Waals surface area (Å²) in [6.45, 7) is 7.75. The first-order valence-electron chi connectivity index (χ1n) is 5.70. The Kier molecular flexibility index (Phi) is 3.48. The van der Waals surface area contributed by atoms with E-state index in [1.54, 1.807) is 5.38 Å². The van der Waals surface area contributed by atoms with Gasteiger partial charge in [0.05, 0.1) is 5.01 Å². The molecule has 0 saturated heterocycles. The highest BCUT2D eigenvalue weighted by atomic mass is 32.1. The molecule has 0 bridgehead atoms. The highest BCUT2D eigenvalue weighted by molar-refractivity contribution is 7.09. The van der Waals surface area contributed by atoms with E-state index in [9.17, 15) is 4.79 Å². The number of hydrogen-bond donors (Lipinski definition) is 0. The fourth-order valence-electron chi connectivity index (χ4n) is 1.68. The lowest BCUT2D eigenvalue weighted by molar-refractivity contribution is 0.0726. The van der Waals surface area contributed by atoms with Crippen molar-refractivity contribution >= 4 is 17.3 Å². The van der Waals surface area contributed by atoms with Crippen LogP contribution in [0.1, 0.15) is 32.2 Å². The zero-order chi connectivity index (χ0) is 13.3. The van der Waals surface area contributed by atoms with E-state index in [2.05, 4.69) is 4.98 Å². The van der Waals surface area contributed by atoms with Gasteiger partial charge >= 0.3 is 5.97 Å². The topological polar surface area (TPSA) is 39.2 Å². The molecule has 4 heteroatoms. The molecule has 1 aromatic heterocycles. The zero-order valence-electron chi connectivity index (χ0n) is 10.9. The van der Waals surface area contributed by atoms with Crippen molar-refractivity contribution in [3.63, 3.8) is 0 Å². The lowest BCUT2D eigenvalue weighted by atomic mass is 10.1. The van der Waals surface area contributed by atoms with Gasteiger partial charge in [-0.15, -0.1) is 11.3 Å². The second-order valence-electron chi connectivity index (χ2n) is 4.29. The molecule has 1 aromatic carbocycles. The predicted molar refractivity (Wildman–Crippen MR) is 72.5 cm³/mol. The summed E-state index contributed by atoms with van der Waals surface area (Å²) >= 11 is 1.44. The van der Waals surface area contributed by atoms with Crippen molar-refractivity contribution in [2.24, 2.45) is 0 Å². The quantitative estimate of drug-likeness (QED) is 0.612. The molecule has 0 N–H and O–H groups in total. The van der Waals surface area contributed by atoms with E-state index >= 15 is 0 Å². The predicted octanol–water partition coefficient (Wildman–Crippen LogP) is 3.60. The van der Waals surface area contributed by atoms with Gasteiger partial charge in [-0.25, -0.2) is 9.78 Å². The first-order valence-corrected chi connectivity index (χ1v) is 6.58. The molecular formula is C14H15NO2S. The number of aryl methyl sites for hydroxylation is 3. The van der Waals surface area contributed by atoms with Crippen LogP contribution in [-0.2, 0) is 0 Å². The molecule has 0 spiro atoms. The number of carbonyl (C=O) groups is 1. The maximum atomic E-state index is 12.0. The first kappa shape index (κ1) is 12.8. The van der Waals surface area contributed by atoms with E-state index in [4.69, 9.17) is 4.74 Å². The van der Waals surface area contributed by atoms with Gasteiger partial charge in [-0.3, -0.25) is 0 Å². The van der Waals surface area contributed by atoms with Crippen molar-refractivity contribution in [1.29, 1.82) is 0 Å². The molecule has 0 atom stereocenters. The van der Waals surface area contributed by atoms with Crippen LogP contribution in [0.2, 0.25) is 0 Å². The van der Waals surface area contributed by atoms with E-state index in [0.717, 1.165) is 21.7 Å². The summed E-state index contributed by atoms with van der Waals surface area (Å²) in [5.74, 6) is 0.252. The molecule has 0 fully saturated rings. The summed E-state index contributed by atoms with van der Waals surface area (Å²) in [5, 5.41) is 2.58. The third kappa shape index (κ3) is 2.43. The number of hydrogen-bond acceptors (Lipinski definition) is 4. The van der Waals surface area contributed by atoms with Gasteiger partial charge < -0.3 is 4.74 Å². The number of thiazole rings is 1. The number of rotatable bonds is 2. The molecule has 2 rings (SSSR count). The third-order valence-corrected chi connectivity index (χ3v) is 3.67. The summed E-state index contributed by atoms with van der Waals surface area (Å²) in [5.41, 5.74) is 3.43. The van der Waals surface area contributed by atoms with E-state index in [0.29, 0.717) is 11.4 Å². The number of ether oxygens (including phenoxy) is 1. The second kappa shape index (κ2) is 4.90. The number of esters is 1. The highest BCUT2D eigenvalue weighted by Crippen LogP contribution is 2.26. The Balaban J connectivity index is 2.30. The van der Waals surface area contributed by atoms with Gasteiger partial charge in [0.2, 0.25) is 0 Å². The Morgan fingerprint density at radius 2 is 1.83 bits per heavy atom. The molecule has 0 radical (unpaired) electrons. The Hall–Kier alpha value is -1.68. The summed E-state index contributed by atoms with van der Waals surface area (Å²) in [7, 11) is 0. The summed E-state index contributed by atoms with van der Waals surface area (Å²) in [6, 6.07) is 3.98. The summed E-state index contributed by atoms with van der Waals surface area (Å²) in [6.07, 6.45) is 0. The molecule has 18 heavy (non-hydrogen) atoms. The summed E-state index contributed by atoms with van der Waals surface area (Å²) in [4.78, 5) is 16.1. The number of nitrogens with zero attached hydrogens (tertiary/aromatic N) is 1. The summed E-state index contributed by atoms with van der Waals surface area (Å²) < 4.78 is 5.46. The van der Waals surface area contributed by atoms with Gasteiger partial charge in [0.1, 0.15) is 5.75 Å². The van der Waals surface area contributed by atoms with Gasteiger partial charge in [-0.1, -0.05) is 12.1 Å². The van der Waals surface area contributed by atoms with E-state index in [1.165, 1.54) is 11.3 Å². The van der Waals surface area contributed by atoms with Crippen LogP contribution in [0.4, 0.5) is 0 Å². The van der Waals surface area contributed by atoms with Crippen LogP contribution in [0.25, 0.3) is 0 Å². The Labute approximate surface area is 110 Å². The molecule has 3 nitrogen and oxygen atoms in total. The maximum absolute atomic E-state index is 12.0. The molecule has 94 valence electrons. The first-order chi connectivity index (χ1) is 8.49. The zero-order valence-corrected chi connectivity index (χ0v) is 11.7. The van der Waals surface area contributed by atoms with Crippen LogP contribution in [0.3, 0.4) is 0 Å². The molecule has 0 saturated carbocycles. The Morgan fingerprint density at radius 3 is 2.44 bits per heavy atom. The van der Waals surface area contributed by atoms with E-state index < -0.39 is 5.97 Å². The minimum absolute atomic E-state index is 0.373. The van der Waals surface area contributed by atoms with Crippen LogP contribution >= 0.6 is 11.3 Å². The van der Waals surface area contributed by atoms with Crippen molar-refractivity contribution < 1.29 is 9.53 Å². The SMILES string of the molecule is Cc1nc(C(=O)Oc2c(C)ccc(C)c2C)cs1. The van der Waals surface area contributed by atoms with Gasteiger partial charge in [0, 0.05) is 5.38 Å². The van der Waals surface area contributed by atoms with Crippen LogP contribution < -0.4 is 4.74 Å². The van der Waals surface area contributed by atoms with Crippen LogP contribution in [0.5, 0.6) is 5.75 Å². The highest BCUT2D eigenvalue weighted by Gasteiger charge is 2.15. The van der Waals surface area contributed by atoms with Crippen molar-refractivity contribution in [3.8, 4) is 5.75 Å². The maximum Gasteiger partial charge on any atom is 0.363 e. The average molecular weight is 261 g/mol. The minimum atomic E-state index is -0.392. The van der Waals surface area contributed by atoms with Crippen molar-refractivity contribution in [1.82, 2.24) is 4.98 Å². The van der Waals surface area contributed by atoms with Crippen molar-refractivity contribution in [2.45, 2.75) is 27.7 Å². The number of benzene rings is 1. The average Bonchev–Trinajstić information content (AvgIpc) is 2.76. The lowest BCUT2D eigenvalue weighted by Crippen LogP contribution is -2.11. The van der Waals surface area contributed by atoms with Gasteiger partial charge in [-0.2, -0.15) is 0 Å². The van der Waals surface area contributed by atoms with Gasteiger partial charge in [0.15, 0.2) is 5.69 Å². The van der Waals surface area contributed by atoms with Crippen molar-refractivity contribution in [2.75, 3.05) is 0 Å². The van der Waals surface area contributed by atoms with Crippen LogP contribution in [0, 0.1) is 27.7 Å². The molecule has 0 amide bonds. The molecular weight excluding hydrogens is 246 g/mol. The minimum Gasteiger partial charge on any atom is -0.421 e. The lowest BCUT2D eigenvalue weighted by Gasteiger charge is -2.11. The smallest absolute Gasteiger partial charge is 0.363 e. The van der Waals surface area contributed by atoms with Gasteiger partial charge in [0.25, 0.3) is 0 Å². The fraction of sp³-hybridized carbons (Fsp3) is 0.286. The fourth-order valence-corrected chi connectivity index (χ4v) is 2.27. The molecule has 0 aliphatic carbocycles. The molecule has 0 aliphatic rings. The number of aromatic nitrogens is 1. The molecule has 2 aromatic rings. The van der Waals surface area contributed by atoms with Gasteiger partial charge in [-0.05, 0) is 44.4 Å². The van der Waals surface area contributed by atoms with Crippen LogP contribution in [-0.4, -0.2) is 11.0 Å². The Bertz CT molecular complexity index is 602. The molecule has 1 heterocycles. The molecule has 0 aliphatic heterocycles. The largest absolute Gasteiger partial charge is 0.421 e. The van der Waals surface area contributed by atoms with Crippen LogP contribution in [0.15, 0.2) is 17.5 Å². The van der Waals surface area contributed by atoms with E-state index in [1.807, 2.05) is 39.8 Å². The molecule has 0 unspecified atom stereocenters. The van der Waals surface area contributed by atoms with E-state index in [-0.39, 0.29) is 0 Å². The standard InChI is InChI=1S/C14H15NO2S/c1-8-5-6-9(2)13(10(8)3)17-14(16)12-7-18-11(4)15-12/h5-7H,1-4H3. The monoisotopic (exact) mass is 261 g/mol. The number of carbonyl (C=O) groups excluding carboxylic acids is 1. The normalized spacial score (nSPS) is 10.4. The van der Waals surface area contributed by atoms with Crippen molar-refractivity contribution in [3.05, 3.63) is 44.9 Å². The Morgan fingerprint density at radius 1 is 1.17 bits per heavy atom.